The standard InChI is InChI=1S/C27H24F3N3O2/c1-25(2,21-14-20(8-9-24(21)34)19-6-3-5-18(13-19)15-31)16-26(35,27(28,29)30)17-33-12-10-22-23(33)7-4-11-32-22/h3-14,34-35H,16-17H2,1-2H3. The third-order valence-electron chi connectivity index (χ3n) is 6.28. The fourth-order valence-electron chi connectivity index (χ4n) is 4.54. The summed E-state index contributed by atoms with van der Waals surface area (Å²) in [6.45, 7) is 2.40. The summed E-state index contributed by atoms with van der Waals surface area (Å²) in [5, 5.41) is 30.8. The van der Waals surface area contributed by atoms with Gasteiger partial charge in [-0.3, -0.25) is 4.98 Å². The number of nitrogens with zero attached hydrogens (tertiary/aromatic N) is 3. The number of aliphatic hydroxyl groups is 1. The van der Waals surface area contributed by atoms with Crippen molar-refractivity contribution >= 4 is 11.0 Å². The summed E-state index contributed by atoms with van der Waals surface area (Å²) in [4.78, 5) is 4.14. The van der Waals surface area contributed by atoms with Gasteiger partial charge in [-0.2, -0.15) is 18.4 Å². The number of aromatic nitrogens is 2. The minimum absolute atomic E-state index is 0.171. The third-order valence-corrected chi connectivity index (χ3v) is 6.28. The highest BCUT2D eigenvalue weighted by Gasteiger charge is 2.56. The first kappa shape index (κ1) is 24.3. The molecule has 2 aromatic heterocycles. The van der Waals surface area contributed by atoms with Crippen molar-refractivity contribution < 1.29 is 23.4 Å². The van der Waals surface area contributed by atoms with Gasteiger partial charge in [0.2, 0.25) is 0 Å². The summed E-state index contributed by atoms with van der Waals surface area (Å²) < 4.78 is 44.2. The van der Waals surface area contributed by atoms with Crippen LogP contribution in [0.4, 0.5) is 13.2 Å². The fourth-order valence-corrected chi connectivity index (χ4v) is 4.54. The van der Waals surface area contributed by atoms with E-state index in [9.17, 15) is 28.6 Å². The maximum atomic E-state index is 14.3. The van der Waals surface area contributed by atoms with Gasteiger partial charge in [0.05, 0.1) is 29.2 Å². The Morgan fingerprint density at radius 1 is 1.00 bits per heavy atom. The lowest BCUT2D eigenvalue weighted by Crippen LogP contribution is -2.52. The maximum Gasteiger partial charge on any atom is 0.418 e. The number of phenolic OH excluding ortho intramolecular Hbond substituents is 1. The molecular weight excluding hydrogens is 455 g/mol. The van der Waals surface area contributed by atoms with E-state index in [0.29, 0.717) is 27.7 Å². The Morgan fingerprint density at radius 3 is 2.46 bits per heavy atom. The van der Waals surface area contributed by atoms with E-state index in [1.54, 1.807) is 74.6 Å². The molecule has 0 aliphatic heterocycles. The van der Waals surface area contributed by atoms with E-state index in [1.807, 2.05) is 0 Å². The van der Waals surface area contributed by atoms with Crippen molar-refractivity contribution in [1.82, 2.24) is 9.55 Å². The van der Waals surface area contributed by atoms with E-state index in [-0.39, 0.29) is 11.3 Å². The molecule has 2 N–H and O–H groups in total. The highest BCUT2D eigenvalue weighted by Crippen LogP contribution is 2.45. The molecule has 180 valence electrons. The second kappa shape index (κ2) is 8.75. The van der Waals surface area contributed by atoms with E-state index in [1.165, 1.54) is 16.8 Å². The average Bonchev–Trinajstić information content (AvgIpc) is 3.20. The van der Waals surface area contributed by atoms with Crippen LogP contribution in [-0.4, -0.2) is 31.5 Å². The molecular formula is C27H24F3N3O2. The van der Waals surface area contributed by atoms with Crippen LogP contribution in [-0.2, 0) is 12.0 Å². The van der Waals surface area contributed by atoms with Crippen molar-refractivity contribution in [1.29, 1.82) is 5.26 Å². The van der Waals surface area contributed by atoms with Gasteiger partial charge in [0.25, 0.3) is 0 Å². The molecule has 4 rings (SSSR count). The van der Waals surface area contributed by atoms with Crippen LogP contribution >= 0.6 is 0 Å². The van der Waals surface area contributed by atoms with E-state index < -0.39 is 30.2 Å². The van der Waals surface area contributed by atoms with E-state index in [4.69, 9.17) is 0 Å². The number of nitriles is 1. The first-order valence-corrected chi connectivity index (χ1v) is 11.0. The Bertz CT molecular complexity index is 1420. The minimum atomic E-state index is -4.93. The van der Waals surface area contributed by atoms with Gasteiger partial charge in [0, 0.05) is 18.0 Å². The predicted octanol–water partition coefficient (Wildman–Crippen LogP) is 5.94. The van der Waals surface area contributed by atoms with Crippen LogP contribution in [0.2, 0.25) is 0 Å². The fraction of sp³-hybridized carbons (Fsp3) is 0.259. The topological polar surface area (TPSA) is 82.1 Å². The molecule has 1 atom stereocenters. The van der Waals surface area contributed by atoms with Crippen LogP contribution in [0, 0.1) is 11.3 Å². The normalized spacial score (nSPS) is 14.0. The lowest BCUT2D eigenvalue weighted by molar-refractivity contribution is -0.271. The number of benzene rings is 2. The number of hydrogen-bond donors (Lipinski definition) is 2. The summed E-state index contributed by atoms with van der Waals surface area (Å²) in [7, 11) is 0. The molecule has 8 heteroatoms. The molecule has 5 nitrogen and oxygen atoms in total. The number of aromatic hydroxyl groups is 1. The molecule has 0 radical (unpaired) electrons. The van der Waals surface area contributed by atoms with Crippen molar-refractivity contribution in [3.8, 4) is 22.9 Å². The molecule has 0 bridgehead atoms. The first-order valence-electron chi connectivity index (χ1n) is 11.0. The number of pyridine rings is 1. The van der Waals surface area contributed by atoms with Gasteiger partial charge >= 0.3 is 6.18 Å². The van der Waals surface area contributed by atoms with Crippen LogP contribution < -0.4 is 0 Å². The zero-order valence-corrected chi connectivity index (χ0v) is 19.2. The molecule has 0 spiro atoms. The number of fused-ring (bicyclic) bond motifs is 1. The van der Waals surface area contributed by atoms with Gasteiger partial charge in [0.15, 0.2) is 5.60 Å². The molecule has 2 aromatic carbocycles. The average molecular weight is 480 g/mol. The van der Waals surface area contributed by atoms with E-state index in [2.05, 4.69) is 11.1 Å². The number of hydrogen-bond acceptors (Lipinski definition) is 4. The molecule has 2 heterocycles. The van der Waals surface area contributed by atoms with Gasteiger partial charge in [-0.1, -0.05) is 32.0 Å². The Balaban J connectivity index is 1.72. The van der Waals surface area contributed by atoms with Crippen LogP contribution in [0.15, 0.2) is 73.1 Å². The lowest BCUT2D eigenvalue weighted by Gasteiger charge is -2.38. The molecule has 0 aliphatic rings. The molecule has 0 aliphatic carbocycles. The molecule has 1 unspecified atom stereocenters. The van der Waals surface area contributed by atoms with Crippen molar-refractivity contribution in [3.63, 3.8) is 0 Å². The van der Waals surface area contributed by atoms with E-state index >= 15 is 0 Å². The Kier molecular flexibility index (Phi) is 6.07. The first-order chi connectivity index (χ1) is 16.4. The minimum Gasteiger partial charge on any atom is -0.508 e. The summed E-state index contributed by atoms with van der Waals surface area (Å²) in [6, 6.07) is 18.4. The zero-order chi connectivity index (χ0) is 25.4. The maximum absolute atomic E-state index is 14.3. The zero-order valence-electron chi connectivity index (χ0n) is 19.2. The summed E-state index contributed by atoms with van der Waals surface area (Å²) >= 11 is 0. The van der Waals surface area contributed by atoms with Gasteiger partial charge < -0.3 is 14.8 Å². The Labute approximate surface area is 200 Å². The highest BCUT2D eigenvalue weighted by molar-refractivity contribution is 5.75. The predicted molar refractivity (Wildman–Crippen MR) is 127 cm³/mol. The second-order valence-electron chi connectivity index (χ2n) is 9.37. The number of halogens is 3. The van der Waals surface area contributed by atoms with Crippen LogP contribution in [0.3, 0.4) is 0 Å². The van der Waals surface area contributed by atoms with Gasteiger partial charge in [-0.15, -0.1) is 0 Å². The highest BCUT2D eigenvalue weighted by atomic mass is 19.4. The van der Waals surface area contributed by atoms with Crippen LogP contribution in [0.5, 0.6) is 5.75 Å². The number of rotatable bonds is 6. The quantitative estimate of drug-likeness (QED) is 0.359. The van der Waals surface area contributed by atoms with Crippen molar-refractivity contribution in [2.45, 2.75) is 44.0 Å². The Morgan fingerprint density at radius 2 is 1.74 bits per heavy atom. The monoisotopic (exact) mass is 479 g/mol. The Hall–Kier alpha value is -3.83. The van der Waals surface area contributed by atoms with Crippen molar-refractivity contribution in [2.24, 2.45) is 0 Å². The van der Waals surface area contributed by atoms with Gasteiger partial charge in [-0.25, -0.2) is 0 Å². The summed E-state index contributed by atoms with van der Waals surface area (Å²) in [5.41, 5.74) is -1.30. The molecule has 0 amide bonds. The van der Waals surface area contributed by atoms with Crippen molar-refractivity contribution in [3.05, 3.63) is 84.2 Å². The molecule has 35 heavy (non-hydrogen) atoms. The smallest absolute Gasteiger partial charge is 0.418 e. The molecule has 0 saturated heterocycles. The van der Waals surface area contributed by atoms with Crippen LogP contribution in [0.25, 0.3) is 22.2 Å². The molecule has 0 saturated carbocycles. The van der Waals surface area contributed by atoms with Gasteiger partial charge in [0.1, 0.15) is 5.75 Å². The number of phenols is 1. The lowest BCUT2D eigenvalue weighted by atomic mass is 9.73. The molecule has 4 aromatic rings. The largest absolute Gasteiger partial charge is 0.508 e. The van der Waals surface area contributed by atoms with Crippen molar-refractivity contribution in [2.75, 3.05) is 0 Å². The SMILES string of the molecule is CC(C)(CC(O)(Cn1ccc2ncccc21)C(F)(F)F)c1cc(-c2cccc(C#N)c2)ccc1O. The third kappa shape index (κ3) is 4.73. The number of alkyl halides is 3. The molecule has 0 fully saturated rings. The van der Waals surface area contributed by atoms with Gasteiger partial charge in [-0.05, 0) is 65.4 Å². The van der Waals surface area contributed by atoms with E-state index in [0.717, 1.165) is 0 Å². The summed E-state index contributed by atoms with van der Waals surface area (Å²) in [5.74, 6) is -0.171. The second-order valence-corrected chi connectivity index (χ2v) is 9.37. The summed E-state index contributed by atoms with van der Waals surface area (Å²) in [6.07, 6.45) is -2.61. The van der Waals surface area contributed by atoms with Crippen LogP contribution in [0.1, 0.15) is 31.4 Å².